The molecule has 2 saturated carbocycles. The maximum absolute atomic E-state index is 12.5. The van der Waals surface area contributed by atoms with Gasteiger partial charge in [0.2, 0.25) is 5.91 Å². The summed E-state index contributed by atoms with van der Waals surface area (Å²) in [5, 5.41) is 10.8. The molecule has 3 aliphatic carbocycles. The van der Waals surface area contributed by atoms with Crippen LogP contribution in [0, 0.1) is 22.7 Å². The molecule has 0 saturated heterocycles. The van der Waals surface area contributed by atoms with E-state index in [4.69, 9.17) is 8.92 Å². The number of aliphatic hydroxyl groups is 1. The highest BCUT2D eigenvalue weighted by molar-refractivity contribution is 7.85. The lowest BCUT2D eigenvalue weighted by Gasteiger charge is -2.51. The zero-order chi connectivity index (χ0) is 24.2. The van der Waals surface area contributed by atoms with Crippen LogP contribution in [0.15, 0.2) is 12.1 Å². The Bertz CT molecular complexity index is 1030. The van der Waals surface area contributed by atoms with Crippen LogP contribution >= 0.6 is 0 Å². The number of aryl methyl sites for hydroxylation is 1. The Morgan fingerprint density at radius 2 is 1.91 bits per heavy atom. The van der Waals surface area contributed by atoms with E-state index in [9.17, 15) is 18.3 Å². The van der Waals surface area contributed by atoms with Crippen LogP contribution in [0.2, 0.25) is 0 Å². The lowest BCUT2D eigenvalue weighted by Crippen LogP contribution is -2.45. The number of benzene rings is 1. The molecule has 0 heterocycles. The molecule has 3 aliphatic rings. The van der Waals surface area contributed by atoms with Crippen molar-refractivity contribution in [1.29, 1.82) is 0 Å². The third-order valence-corrected chi connectivity index (χ3v) is 9.27. The van der Waals surface area contributed by atoms with Crippen molar-refractivity contribution in [3.05, 3.63) is 23.3 Å². The minimum atomic E-state index is -4.34. The number of carbonyl (C=O) groups excluding carboxylic acids is 1. The van der Waals surface area contributed by atoms with Crippen LogP contribution in [0.5, 0.6) is 11.5 Å². The third kappa shape index (κ3) is 4.25. The van der Waals surface area contributed by atoms with Crippen molar-refractivity contribution in [3.8, 4) is 11.5 Å². The molecule has 0 aromatic heterocycles. The molecule has 2 fully saturated rings. The minimum absolute atomic E-state index is 0.0468. The lowest BCUT2D eigenvalue weighted by molar-refractivity contribution is -0.126. The van der Waals surface area contributed by atoms with Crippen LogP contribution in [-0.2, 0) is 21.5 Å². The molecule has 0 bridgehead atoms. The summed E-state index contributed by atoms with van der Waals surface area (Å²) < 4.78 is 37.8. The van der Waals surface area contributed by atoms with Gasteiger partial charge in [0.1, 0.15) is 0 Å². The number of aliphatic hydroxyl groups excluding tert-OH is 1. The van der Waals surface area contributed by atoms with Crippen molar-refractivity contribution in [2.24, 2.45) is 22.7 Å². The van der Waals surface area contributed by atoms with Crippen molar-refractivity contribution in [3.63, 3.8) is 0 Å². The second kappa shape index (κ2) is 8.45. The SMILES string of the molecule is CCC12CCC3c4cc(OC)c(OS(=O)(=O)NC(=O)C(C)(C)C)cc4CCC3C1CCC2O. The number of hydrogen-bond acceptors (Lipinski definition) is 6. The minimum Gasteiger partial charge on any atom is -0.493 e. The predicted molar refractivity (Wildman–Crippen MR) is 125 cm³/mol. The second-order valence-electron chi connectivity index (χ2n) is 11.1. The van der Waals surface area contributed by atoms with Gasteiger partial charge in [0.05, 0.1) is 13.2 Å². The van der Waals surface area contributed by atoms with Crippen LogP contribution in [0.3, 0.4) is 0 Å². The average Bonchev–Trinajstić information content (AvgIpc) is 3.08. The van der Waals surface area contributed by atoms with Crippen LogP contribution in [0.1, 0.15) is 83.3 Å². The van der Waals surface area contributed by atoms with Gasteiger partial charge >= 0.3 is 10.3 Å². The van der Waals surface area contributed by atoms with E-state index in [2.05, 4.69) is 6.92 Å². The first-order valence-electron chi connectivity index (χ1n) is 12.1. The first kappa shape index (κ1) is 24.3. The van der Waals surface area contributed by atoms with Crippen molar-refractivity contribution < 1.29 is 27.2 Å². The normalized spacial score (nSPS) is 31.2. The molecule has 1 aromatic rings. The second-order valence-corrected chi connectivity index (χ2v) is 12.3. The van der Waals surface area contributed by atoms with Gasteiger partial charge < -0.3 is 14.0 Å². The predicted octanol–water partition coefficient (Wildman–Crippen LogP) is 4.09. The molecule has 0 radical (unpaired) electrons. The van der Waals surface area contributed by atoms with Crippen LogP contribution < -0.4 is 13.6 Å². The Balaban J connectivity index is 1.61. The summed E-state index contributed by atoms with van der Waals surface area (Å²) in [6.07, 6.45) is 6.68. The van der Waals surface area contributed by atoms with Crippen LogP contribution in [0.25, 0.3) is 0 Å². The molecule has 8 heteroatoms. The van der Waals surface area contributed by atoms with E-state index in [0.717, 1.165) is 50.5 Å². The maximum Gasteiger partial charge on any atom is 0.409 e. The molecular formula is C25H37NO6S. The monoisotopic (exact) mass is 479 g/mol. The van der Waals surface area contributed by atoms with E-state index >= 15 is 0 Å². The molecule has 1 aromatic carbocycles. The third-order valence-electron chi connectivity index (χ3n) is 8.44. The highest BCUT2D eigenvalue weighted by Gasteiger charge is 2.56. The van der Waals surface area contributed by atoms with Gasteiger partial charge in [-0.25, -0.2) is 4.72 Å². The van der Waals surface area contributed by atoms with E-state index < -0.39 is 21.6 Å². The summed E-state index contributed by atoms with van der Waals surface area (Å²) in [6, 6.07) is 3.68. The number of ether oxygens (including phenoxy) is 1. The molecule has 5 unspecified atom stereocenters. The molecule has 1 amide bonds. The number of rotatable bonds is 5. The van der Waals surface area contributed by atoms with Crippen LogP contribution in [0.4, 0.5) is 0 Å². The highest BCUT2D eigenvalue weighted by Crippen LogP contribution is 2.62. The summed E-state index contributed by atoms with van der Waals surface area (Å²) in [6.45, 7) is 7.11. The zero-order valence-corrected chi connectivity index (χ0v) is 21.1. The van der Waals surface area contributed by atoms with Gasteiger partial charge in [-0.2, -0.15) is 8.42 Å². The van der Waals surface area contributed by atoms with Gasteiger partial charge in [0, 0.05) is 5.41 Å². The zero-order valence-electron chi connectivity index (χ0n) is 20.3. The molecule has 184 valence electrons. The fraction of sp³-hybridized carbons (Fsp3) is 0.720. The first-order valence-corrected chi connectivity index (χ1v) is 13.5. The summed E-state index contributed by atoms with van der Waals surface area (Å²) in [4.78, 5) is 12.2. The van der Waals surface area contributed by atoms with Gasteiger partial charge in [-0.3, -0.25) is 4.79 Å². The van der Waals surface area contributed by atoms with E-state index in [1.165, 1.54) is 12.7 Å². The number of carbonyl (C=O) groups is 1. The Kier molecular flexibility index (Phi) is 6.23. The Hall–Kier alpha value is -1.80. The smallest absolute Gasteiger partial charge is 0.409 e. The number of hydrogen-bond donors (Lipinski definition) is 2. The fourth-order valence-corrected chi connectivity index (χ4v) is 7.61. The Morgan fingerprint density at radius 3 is 2.55 bits per heavy atom. The number of amides is 1. The summed E-state index contributed by atoms with van der Waals surface area (Å²) in [5.41, 5.74) is 1.46. The maximum atomic E-state index is 12.5. The van der Waals surface area contributed by atoms with E-state index in [1.807, 2.05) is 10.8 Å². The molecule has 4 rings (SSSR count). The Labute approximate surface area is 197 Å². The van der Waals surface area contributed by atoms with Crippen LogP contribution in [-0.4, -0.2) is 32.6 Å². The van der Waals surface area contributed by atoms with Gasteiger partial charge in [-0.1, -0.05) is 27.7 Å². The fourth-order valence-electron chi connectivity index (χ4n) is 6.67. The van der Waals surface area contributed by atoms with Gasteiger partial charge in [-0.05, 0) is 91.4 Å². The molecule has 0 spiro atoms. The molecular weight excluding hydrogens is 442 g/mol. The Morgan fingerprint density at radius 1 is 1.18 bits per heavy atom. The first-order chi connectivity index (χ1) is 15.4. The summed E-state index contributed by atoms with van der Waals surface area (Å²) in [5.74, 6) is 1.24. The topological polar surface area (TPSA) is 102 Å². The molecule has 0 aliphatic heterocycles. The van der Waals surface area contributed by atoms with Gasteiger partial charge in [-0.15, -0.1) is 0 Å². The van der Waals surface area contributed by atoms with E-state index in [-0.39, 0.29) is 17.3 Å². The van der Waals surface area contributed by atoms with E-state index in [0.29, 0.717) is 23.5 Å². The largest absolute Gasteiger partial charge is 0.493 e. The van der Waals surface area contributed by atoms with Crippen molar-refractivity contribution in [2.45, 2.75) is 84.7 Å². The van der Waals surface area contributed by atoms with Gasteiger partial charge in [0.25, 0.3) is 0 Å². The van der Waals surface area contributed by atoms with E-state index in [1.54, 1.807) is 26.8 Å². The summed E-state index contributed by atoms with van der Waals surface area (Å²) >= 11 is 0. The number of methoxy groups -OCH3 is 1. The van der Waals surface area contributed by atoms with Gasteiger partial charge in [0.15, 0.2) is 11.5 Å². The highest BCUT2D eigenvalue weighted by atomic mass is 32.2. The number of nitrogens with one attached hydrogen (secondary N) is 1. The molecule has 5 atom stereocenters. The average molecular weight is 480 g/mol. The van der Waals surface area contributed by atoms with Crippen molar-refractivity contribution in [2.75, 3.05) is 7.11 Å². The quantitative estimate of drug-likeness (QED) is 0.660. The van der Waals surface area contributed by atoms with Crippen molar-refractivity contribution in [1.82, 2.24) is 4.72 Å². The number of fused-ring (bicyclic) bond motifs is 5. The lowest BCUT2D eigenvalue weighted by atomic mass is 9.54. The molecule has 7 nitrogen and oxygen atoms in total. The standard InChI is InChI=1S/C25H37NO6S/c1-6-25-12-11-16-17(19(25)9-10-22(25)27)8-7-15-13-21(20(31-5)14-18(15)16)32-33(29,30)26-23(28)24(2,3)4/h13-14,16-17,19,22,27H,6-12H2,1-5H3,(H,26,28). The molecule has 2 N–H and O–H groups in total. The molecule has 33 heavy (non-hydrogen) atoms. The summed E-state index contributed by atoms with van der Waals surface area (Å²) in [7, 11) is -2.84. The van der Waals surface area contributed by atoms with Crippen molar-refractivity contribution >= 4 is 16.2 Å².